The molecular weight excluding hydrogens is 304 g/mol. The summed E-state index contributed by atoms with van der Waals surface area (Å²) in [5.41, 5.74) is 0.877. The van der Waals surface area contributed by atoms with Crippen LogP contribution in [0.25, 0.3) is 11.5 Å². The Morgan fingerprint density at radius 3 is 3.00 bits per heavy atom. The number of carbonyl (C=O) groups is 1. The molecule has 24 heavy (non-hydrogen) atoms. The van der Waals surface area contributed by atoms with Crippen LogP contribution in [0, 0.1) is 5.92 Å². The van der Waals surface area contributed by atoms with Crippen LogP contribution < -0.4 is 5.32 Å². The van der Waals surface area contributed by atoms with Gasteiger partial charge in [-0.15, -0.1) is 0 Å². The number of likely N-dealkylation sites (tertiary alicyclic amines) is 1. The number of piperidine rings is 1. The number of aromatic nitrogens is 2. The molecule has 1 N–H and O–H groups in total. The van der Waals surface area contributed by atoms with E-state index >= 15 is 0 Å². The third kappa shape index (κ3) is 4.64. The summed E-state index contributed by atoms with van der Waals surface area (Å²) in [6.45, 7) is 5.58. The summed E-state index contributed by atoms with van der Waals surface area (Å²) in [5, 5.41) is 6.78. The first-order valence-electron chi connectivity index (χ1n) is 8.58. The highest BCUT2D eigenvalue weighted by molar-refractivity contribution is 5.75. The van der Waals surface area contributed by atoms with Crippen molar-refractivity contribution in [3.63, 3.8) is 0 Å². The van der Waals surface area contributed by atoms with Gasteiger partial charge in [0.25, 0.3) is 5.89 Å². The predicted molar refractivity (Wildman–Crippen MR) is 91.0 cm³/mol. The molecule has 0 radical (unpaired) electrons. The summed E-state index contributed by atoms with van der Waals surface area (Å²) in [5.74, 6) is 1.73. The third-order valence-corrected chi connectivity index (χ3v) is 4.33. The molecule has 2 aromatic rings. The molecule has 128 valence electrons. The Morgan fingerprint density at radius 1 is 1.38 bits per heavy atom. The second-order valence-electron chi connectivity index (χ2n) is 6.46. The molecule has 0 saturated carbocycles. The standard InChI is InChI=1S/C18H24N4O2/c1-14-6-5-10-22(13-14)11-9-17(23)19-12-16-20-18(24-21-16)15-7-3-2-4-8-15/h2-4,7-8,14H,5-6,9-13H2,1H3,(H,19,23). The maximum absolute atomic E-state index is 12.0. The van der Waals surface area contributed by atoms with Crippen molar-refractivity contribution in [3.05, 3.63) is 36.2 Å². The molecule has 0 spiro atoms. The van der Waals surface area contributed by atoms with Gasteiger partial charge in [0.2, 0.25) is 5.91 Å². The van der Waals surface area contributed by atoms with Crippen molar-refractivity contribution < 1.29 is 9.32 Å². The first kappa shape index (κ1) is 16.6. The summed E-state index contributed by atoms with van der Waals surface area (Å²) < 4.78 is 5.23. The first-order chi connectivity index (χ1) is 11.7. The van der Waals surface area contributed by atoms with Crippen molar-refractivity contribution in [2.75, 3.05) is 19.6 Å². The number of carbonyl (C=O) groups excluding carboxylic acids is 1. The van der Waals surface area contributed by atoms with E-state index in [0.717, 1.165) is 31.1 Å². The molecule has 1 aliphatic heterocycles. The summed E-state index contributed by atoms with van der Waals surface area (Å²) >= 11 is 0. The summed E-state index contributed by atoms with van der Waals surface area (Å²) in [4.78, 5) is 18.7. The van der Waals surface area contributed by atoms with Crippen molar-refractivity contribution in [1.29, 1.82) is 0 Å². The Hall–Kier alpha value is -2.21. The lowest BCUT2D eigenvalue weighted by molar-refractivity contribution is -0.121. The molecule has 6 nitrogen and oxygen atoms in total. The highest BCUT2D eigenvalue weighted by Gasteiger charge is 2.17. The van der Waals surface area contributed by atoms with Gasteiger partial charge in [-0.25, -0.2) is 0 Å². The Labute approximate surface area is 142 Å². The lowest BCUT2D eigenvalue weighted by Gasteiger charge is -2.30. The molecule has 1 unspecified atom stereocenters. The number of benzene rings is 1. The minimum absolute atomic E-state index is 0.0271. The largest absolute Gasteiger partial charge is 0.349 e. The molecular formula is C18H24N4O2. The first-order valence-corrected chi connectivity index (χ1v) is 8.58. The van der Waals surface area contributed by atoms with E-state index in [1.165, 1.54) is 12.8 Å². The Morgan fingerprint density at radius 2 is 2.21 bits per heavy atom. The van der Waals surface area contributed by atoms with Gasteiger partial charge in [-0.1, -0.05) is 30.3 Å². The molecule has 1 saturated heterocycles. The van der Waals surface area contributed by atoms with Crippen LogP contribution in [0.1, 0.15) is 32.0 Å². The summed E-state index contributed by atoms with van der Waals surface area (Å²) in [7, 11) is 0. The topological polar surface area (TPSA) is 71.3 Å². The van der Waals surface area contributed by atoms with Crippen molar-refractivity contribution in [2.45, 2.75) is 32.7 Å². The van der Waals surface area contributed by atoms with E-state index in [2.05, 4.69) is 27.3 Å². The Balaban J connectivity index is 1.42. The molecule has 1 amide bonds. The van der Waals surface area contributed by atoms with Gasteiger partial charge in [-0.2, -0.15) is 4.98 Å². The predicted octanol–water partition coefficient (Wildman–Crippen LogP) is 2.47. The normalized spacial score (nSPS) is 18.5. The van der Waals surface area contributed by atoms with Gasteiger partial charge in [-0.3, -0.25) is 4.79 Å². The zero-order chi connectivity index (χ0) is 16.8. The van der Waals surface area contributed by atoms with Crippen molar-refractivity contribution >= 4 is 5.91 Å². The molecule has 0 aliphatic carbocycles. The number of nitrogens with one attached hydrogen (secondary N) is 1. The van der Waals surface area contributed by atoms with E-state index in [-0.39, 0.29) is 5.91 Å². The van der Waals surface area contributed by atoms with E-state index in [1.807, 2.05) is 30.3 Å². The molecule has 6 heteroatoms. The Bertz CT molecular complexity index is 656. The third-order valence-electron chi connectivity index (χ3n) is 4.33. The molecule has 1 aliphatic rings. The van der Waals surface area contributed by atoms with Gasteiger partial charge >= 0.3 is 0 Å². The van der Waals surface area contributed by atoms with E-state index in [0.29, 0.717) is 24.7 Å². The Kier molecular flexibility index (Phi) is 5.59. The van der Waals surface area contributed by atoms with E-state index < -0.39 is 0 Å². The molecule has 1 atom stereocenters. The van der Waals surface area contributed by atoms with E-state index in [9.17, 15) is 4.79 Å². The maximum atomic E-state index is 12.0. The van der Waals surface area contributed by atoms with Gasteiger partial charge in [0.05, 0.1) is 6.54 Å². The molecule has 3 rings (SSSR count). The van der Waals surface area contributed by atoms with E-state index in [4.69, 9.17) is 4.52 Å². The SMILES string of the molecule is CC1CCCN(CCC(=O)NCc2noc(-c3ccccc3)n2)C1. The molecule has 1 aromatic heterocycles. The lowest BCUT2D eigenvalue weighted by atomic mass is 10.0. The number of hydrogen-bond acceptors (Lipinski definition) is 5. The molecule has 2 heterocycles. The zero-order valence-corrected chi connectivity index (χ0v) is 14.1. The average Bonchev–Trinajstić information content (AvgIpc) is 3.08. The smallest absolute Gasteiger partial charge is 0.257 e. The number of amides is 1. The fourth-order valence-corrected chi connectivity index (χ4v) is 3.04. The van der Waals surface area contributed by atoms with Crippen molar-refractivity contribution in [3.8, 4) is 11.5 Å². The fourth-order valence-electron chi connectivity index (χ4n) is 3.04. The van der Waals surface area contributed by atoms with Gasteiger partial charge in [0.15, 0.2) is 5.82 Å². The minimum atomic E-state index is 0.0271. The van der Waals surface area contributed by atoms with Crippen molar-refractivity contribution in [1.82, 2.24) is 20.4 Å². The van der Waals surface area contributed by atoms with Crippen LogP contribution in [0.5, 0.6) is 0 Å². The van der Waals surface area contributed by atoms with Crippen molar-refractivity contribution in [2.24, 2.45) is 5.92 Å². The van der Waals surface area contributed by atoms with Crippen LogP contribution >= 0.6 is 0 Å². The number of rotatable bonds is 6. The number of hydrogen-bond donors (Lipinski definition) is 1. The highest BCUT2D eigenvalue weighted by atomic mass is 16.5. The molecule has 1 aromatic carbocycles. The van der Waals surface area contributed by atoms with Gasteiger partial charge in [0.1, 0.15) is 0 Å². The second kappa shape index (κ2) is 8.06. The van der Waals surface area contributed by atoms with Gasteiger partial charge in [0, 0.05) is 25.1 Å². The van der Waals surface area contributed by atoms with Crippen LogP contribution in [0.4, 0.5) is 0 Å². The van der Waals surface area contributed by atoms with Crippen LogP contribution in [-0.4, -0.2) is 40.6 Å². The quantitative estimate of drug-likeness (QED) is 0.882. The lowest BCUT2D eigenvalue weighted by Crippen LogP contribution is -2.37. The highest BCUT2D eigenvalue weighted by Crippen LogP contribution is 2.16. The van der Waals surface area contributed by atoms with E-state index in [1.54, 1.807) is 0 Å². The van der Waals surface area contributed by atoms with Crippen LogP contribution in [0.3, 0.4) is 0 Å². The molecule has 1 fully saturated rings. The second-order valence-corrected chi connectivity index (χ2v) is 6.46. The molecule has 0 bridgehead atoms. The fraction of sp³-hybridized carbons (Fsp3) is 0.500. The number of nitrogens with zero attached hydrogens (tertiary/aromatic N) is 3. The monoisotopic (exact) mass is 328 g/mol. The van der Waals surface area contributed by atoms with Crippen LogP contribution in [-0.2, 0) is 11.3 Å². The van der Waals surface area contributed by atoms with Crippen LogP contribution in [0.2, 0.25) is 0 Å². The van der Waals surface area contributed by atoms with Crippen LogP contribution in [0.15, 0.2) is 34.9 Å². The summed E-state index contributed by atoms with van der Waals surface area (Å²) in [6, 6.07) is 9.60. The average molecular weight is 328 g/mol. The van der Waals surface area contributed by atoms with Gasteiger partial charge in [-0.05, 0) is 37.4 Å². The zero-order valence-electron chi connectivity index (χ0n) is 14.1. The van der Waals surface area contributed by atoms with Gasteiger partial charge < -0.3 is 14.7 Å². The maximum Gasteiger partial charge on any atom is 0.257 e. The minimum Gasteiger partial charge on any atom is -0.349 e. The summed E-state index contributed by atoms with van der Waals surface area (Å²) in [6.07, 6.45) is 3.04.